The lowest BCUT2D eigenvalue weighted by Gasteiger charge is -2.41. The maximum atomic E-state index is 14.2. The van der Waals surface area contributed by atoms with Crippen LogP contribution in [0.5, 0.6) is 5.75 Å². The van der Waals surface area contributed by atoms with Crippen molar-refractivity contribution in [3.63, 3.8) is 0 Å². The highest BCUT2D eigenvalue weighted by Crippen LogP contribution is 2.61. The summed E-state index contributed by atoms with van der Waals surface area (Å²) in [7, 11) is 0. The standard InChI is InChI=1S/C19H19F13O2/c1-4-10(2)34-12-7-5-6-11(8-12)13(3,33)9-14(20,21)15(22,23)16(24,25)17(26,27)18(28,29)19(30,31)32/h5-8,10,33H,4,9H2,1-3H3. The van der Waals surface area contributed by atoms with Gasteiger partial charge in [-0.1, -0.05) is 19.1 Å². The van der Waals surface area contributed by atoms with E-state index in [1.54, 1.807) is 13.8 Å². The minimum atomic E-state index is -7.99. The molecule has 0 aliphatic rings. The van der Waals surface area contributed by atoms with Gasteiger partial charge in [-0.05, 0) is 38.0 Å². The third kappa shape index (κ3) is 5.03. The van der Waals surface area contributed by atoms with Crippen LogP contribution in [0.1, 0.15) is 39.2 Å². The minimum absolute atomic E-state index is 0.0936. The third-order valence-corrected chi connectivity index (χ3v) is 4.93. The van der Waals surface area contributed by atoms with Crippen LogP contribution in [0, 0.1) is 0 Å². The van der Waals surface area contributed by atoms with Gasteiger partial charge in [0.05, 0.1) is 18.1 Å². The van der Waals surface area contributed by atoms with Crippen LogP contribution in [0.15, 0.2) is 24.3 Å². The lowest BCUT2D eigenvalue weighted by molar-refractivity contribution is -0.441. The van der Waals surface area contributed by atoms with Crippen molar-refractivity contribution in [2.24, 2.45) is 0 Å². The number of ether oxygens (including phenoxy) is 1. The lowest BCUT2D eigenvalue weighted by Crippen LogP contribution is -2.70. The van der Waals surface area contributed by atoms with Crippen LogP contribution in [0.2, 0.25) is 0 Å². The van der Waals surface area contributed by atoms with E-state index in [0.29, 0.717) is 13.3 Å². The molecule has 1 aromatic carbocycles. The number of hydrogen-bond acceptors (Lipinski definition) is 2. The second-order valence-electron chi connectivity index (χ2n) is 7.81. The fourth-order valence-corrected chi connectivity index (χ4v) is 2.67. The van der Waals surface area contributed by atoms with E-state index in [9.17, 15) is 62.2 Å². The Balaban J connectivity index is 3.41. The molecule has 15 heteroatoms. The Bertz CT molecular complexity index is 847. The van der Waals surface area contributed by atoms with Crippen LogP contribution in [-0.2, 0) is 5.60 Å². The summed E-state index contributed by atoms with van der Waals surface area (Å²) >= 11 is 0. The van der Waals surface area contributed by atoms with Crippen molar-refractivity contribution in [2.75, 3.05) is 0 Å². The van der Waals surface area contributed by atoms with Gasteiger partial charge in [-0.15, -0.1) is 0 Å². The van der Waals surface area contributed by atoms with Gasteiger partial charge in [-0.3, -0.25) is 0 Å². The van der Waals surface area contributed by atoms with Gasteiger partial charge in [-0.25, -0.2) is 0 Å². The smallest absolute Gasteiger partial charge is 0.460 e. The van der Waals surface area contributed by atoms with Gasteiger partial charge >= 0.3 is 35.8 Å². The molecule has 0 amide bonds. The van der Waals surface area contributed by atoms with Crippen molar-refractivity contribution in [3.05, 3.63) is 29.8 Å². The summed E-state index contributed by atoms with van der Waals surface area (Å²) in [5.74, 6) is -37.6. The van der Waals surface area contributed by atoms with E-state index in [-0.39, 0.29) is 5.75 Å². The van der Waals surface area contributed by atoms with Crippen molar-refractivity contribution in [1.29, 1.82) is 0 Å². The molecule has 1 N–H and O–H groups in total. The first-order valence-corrected chi connectivity index (χ1v) is 9.34. The van der Waals surface area contributed by atoms with E-state index in [1.165, 1.54) is 6.07 Å². The maximum absolute atomic E-state index is 14.2. The maximum Gasteiger partial charge on any atom is 0.460 e. The summed E-state index contributed by atoms with van der Waals surface area (Å²) < 4.78 is 178. The molecule has 0 saturated heterocycles. The first kappa shape index (κ1) is 30.1. The average molecular weight is 526 g/mol. The topological polar surface area (TPSA) is 29.5 Å². The Morgan fingerprint density at radius 2 is 1.26 bits per heavy atom. The largest absolute Gasteiger partial charge is 0.491 e. The second kappa shape index (κ2) is 8.94. The first-order valence-electron chi connectivity index (χ1n) is 9.34. The molecule has 0 radical (unpaired) electrons. The van der Waals surface area contributed by atoms with E-state index in [4.69, 9.17) is 4.74 Å². The van der Waals surface area contributed by atoms with Crippen LogP contribution in [-0.4, -0.2) is 47.0 Å². The van der Waals surface area contributed by atoms with Gasteiger partial charge < -0.3 is 9.84 Å². The second-order valence-corrected chi connectivity index (χ2v) is 7.81. The van der Waals surface area contributed by atoms with E-state index >= 15 is 0 Å². The van der Waals surface area contributed by atoms with Crippen molar-refractivity contribution >= 4 is 0 Å². The van der Waals surface area contributed by atoms with Gasteiger partial charge in [0.15, 0.2) is 0 Å². The summed E-state index contributed by atoms with van der Waals surface area (Å²) in [4.78, 5) is 0. The van der Waals surface area contributed by atoms with Gasteiger partial charge in [0.1, 0.15) is 5.75 Å². The van der Waals surface area contributed by atoms with Gasteiger partial charge in [-0.2, -0.15) is 57.1 Å². The normalized spacial score (nSPS) is 17.3. The monoisotopic (exact) mass is 526 g/mol. The Hall–Kier alpha value is -1.93. The SMILES string of the molecule is CCC(C)Oc1cccc(C(C)(O)CC(F)(F)C(F)(F)C(F)(F)C(F)(F)C(F)(F)C(F)(F)F)c1. The fourth-order valence-electron chi connectivity index (χ4n) is 2.67. The number of aliphatic hydroxyl groups is 1. The molecule has 198 valence electrons. The molecule has 2 unspecified atom stereocenters. The molecule has 1 rings (SSSR count). The summed E-state index contributed by atoms with van der Waals surface area (Å²) in [6.45, 7) is 3.64. The predicted molar refractivity (Wildman–Crippen MR) is 91.8 cm³/mol. The lowest BCUT2D eigenvalue weighted by atomic mass is 9.84. The van der Waals surface area contributed by atoms with Crippen molar-refractivity contribution in [1.82, 2.24) is 0 Å². The molecular weight excluding hydrogens is 507 g/mol. The zero-order valence-corrected chi connectivity index (χ0v) is 17.6. The fraction of sp³-hybridized carbons (Fsp3) is 0.684. The molecule has 0 saturated carbocycles. The van der Waals surface area contributed by atoms with Gasteiger partial charge in [0, 0.05) is 0 Å². The number of alkyl halides is 13. The van der Waals surface area contributed by atoms with E-state index < -0.39 is 59.5 Å². The Kier molecular flexibility index (Phi) is 7.91. The zero-order chi connectivity index (χ0) is 27.2. The van der Waals surface area contributed by atoms with Crippen LogP contribution in [0.3, 0.4) is 0 Å². The molecule has 2 nitrogen and oxygen atoms in total. The Morgan fingerprint density at radius 3 is 1.71 bits per heavy atom. The van der Waals surface area contributed by atoms with Crippen LogP contribution < -0.4 is 4.74 Å². The van der Waals surface area contributed by atoms with Gasteiger partial charge in [0.25, 0.3) is 0 Å². The first-order chi connectivity index (χ1) is 14.9. The van der Waals surface area contributed by atoms with E-state index in [0.717, 1.165) is 18.2 Å². The minimum Gasteiger partial charge on any atom is -0.491 e. The Labute approximate surface area is 184 Å². The summed E-state index contributed by atoms with van der Waals surface area (Å²) in [5, 5.41) is 10.2. The zero-order valence-electron chi connectivity index (χ0n) is 17.6. The van der Waals surface area contributed by atoms with Crippen LogP contribution in [0.4, 0.5) is 57.1 Å². The molecule has 0 aliphatic carbocycles. The molecule has 0 fully saturated rings. The van der Waals surface area contributed by atoms with Crippen LogP contribution >= 0.6 is 0 Å². The summed E-state index contributed by atoms with van der Waals surface area (Å²) in [6.07, 6.45) is -10.3. The highest BCUT2D eigenvalue weighted by molar-refractivity contribution is 5.32. The van der Waals surface area contributed by atoms with Gasteiger partial charge in [0.2, 0.25) is 0 Å². The predicted octanol–water partition coefficient (Wildman–Crippen LogP) is 7.20. The van der Waals surface area contributed by atoms with E-state index in [1.807, 2.05) is 0 Å². The molecule has 1 aromatic rings. The third-order valence-electron chi connectivity index (χ3n) is 4.93. The molecule has 0 spiro atoms. The Morgan fingerprint density at radius 1 is 0.794 bits per heavy atom. The molecule has 0 aliphatic heterocycles. The van der Waals surface area contributed by atoms with E-state index in [2.05, 4.69) is 0 Å². The average Bonchev–Trinajstić information content (AvgIpc) is 2.65. The molecular formula is C19H19F13O2. The molecule has 0 aromatic heterocycles. The number of benzene rings is 1. The molecule has 2 atom stereocenters. The van der Waals surface area contributed by atoms with Crippen molar-refractivity contribution in [3.8, 4) is 5.75 Å². The number of hydrogen-bond donors (Lipinski definition) is 1. The van der Waals surface area contributed by atoms with Crippen molar-refractivity contribution < 1.29 is 66.9 Å². The van der Waals surface area contributed by atoms with Crippen molar-refractivity contribution in [2.45, 2.75) is 81.1 Å². The summed E-state index contributed by atoms with van der Waals surface area (Å²) in [6, 6.07) is 4.00. The van der Waals surface area contributed by atoms with Crippen LogP contribution in [0.25, 0.3) is 0 Å². The highest BCUT2D eigenvalue weighted by atomic mass is 19.4. The quantitative estimate of drug-likeness (QED) is 0.327. The molecule has 0 bridgehead atoms. The molecule has 34 heavy (non-hydrogen) atoms. The number of rotatable bonds is 10. The summed E-state index contributed by atoms with van der Waals surface area (Å²) in [5.41, 5.74) is -3.83. The highest BCUT2D eigenvalue weighted by Gasteiger charge is 2.90. The number of halogens is 13. The molecule has 0 heterocycles.